The fourth-order valence-corrected chi connectivity index (χ4v) is 4.86. The van der Waals surface area contributed by atoms with Gasteiger partial charge in [-0.05, 0) is 12.8 Å². The van der Waals surface area contributed by atoms with Crippen LogP contribution >= 0.6 is 12.2 Å². The Morgan fingerprint density at radius 1 is 0.818 bits per heavy atom. The van der Waals surface area contributed by atoms with E-state index in [1.165, 1.54) is 17.4 Å². The van der Waals surface area contributed by atoms with Crippen LogP contribution in [-0.4, -0.2) is 17.8 Å². The summed E-state index contributed by atoms with van der Waals surface area (Å²) in [5.74, 6) is 0. The predicted octanol–water partition coefficient (Wildman–Crippen LogP) is 3.78. The van der Waals surface area contributed by atoms with Gasteiger partial charge in [0, 0.05) is 35.9 Å². The molecule has 0 saturated carbocycles. The molecule has 8 heteroatoms. The number of hydrogen-bond donors (Lipinski definition) is 2. The summed E-state index contributed by atoms with van der Waals surface area (Å²) in [6, 6.07) is 6.52. The second-order valence-corrected chi connectivity index (χ2v) is 8.71. The first-order chi connectivity index (χ1) is 15.9. The standard InChI is InChI=1S/C25H27N3O4S/c1-2-3-4-7-12-32-13-8-11-28-24(31)18-19(25(28)33)21(27)17-16(20(18)26)22(29)14-9-5-6-10-15(14)23(17)30/h5-6,9-10H,2-4,7-8,11-13,26-27H2,1H3. The van der Waals surface area contributed by atoms with Gasteiger partial charge in [-0.3, -0.25) is 19.0 Å². The van der Waals surface area contributed by atoms with Crippen LogP contribution in [-0.2, 0) is 11.3 Å². The van der Waals surface area contributed by atoms with Crippen LogP contribution in [0.3, 0.4) is 0 Å². The van der Waals surface area contributed by atoms with Crippen LogP contribution in [0.2, 0.25) is 0 Å². The van der Waals surface area contributed by atoms with Gasteiger partial charge in [0.25, 0.3) is 5.56 Å². The quantitative estimate of drug-likeness (QED) is 0.127. The number of nitrogens with zero attached hydrogens (tertiary/aromatic N) is 1. The van der Waals surface area contributed by atoms with Gasteiger partial charge in [0.05, 0.1) is 27.5 Å². The lowest BCUT2D eigenvalue weighted by molar-refractivity contribution is 0.124. The van der Waals surface area contributed by atoms with Gasteiger partial charge in [0.2, 0.25) is 0 Å². The van der Waals surface area contributed by atoms with E-state index in [-0.39, 0.29) is 48.3 Å². The van der Waals surface area contributed by atoms with E-state index in [1.807, 2.05) is 0 Å². The largest absolute Gasteiger partial charge is 0.398 e. The Hall–Kier alpha value is -3.10. The van der Waals surface area contributed by atoms with Crippen molar-refractivity contribution in [1.29, 1.82) is 0 Å². The molecule has 4 aromatic rings. The Morgan fingerprint density at radius 2 is 1.39 bits per heavy atom. The third-order valence-corrected chi connectivity index (χ3v) is 6.60. The molecule has 7 nitrogen and oxygen atoms in total. The van der Waals surface area contributed by atoms with Crippen LogP contribution in [0, 0.1) is 4.64 Å². The number of nitrogen functional groups attached to an aromatic ring is 2. The van der Waals surface area contributed by atoms with Crippen LogP contribution in [0.25, 0.3) is 32.3 Å². The topological polar surface area (TPSA) is 117 Å². The fraction of sp³-hybridized carbons (Fsp3) is 0.360. The number of fused-ring (bicyclic) bond motifs is 3. The molecule has 0 bridgehead atoms. The second-order valence-electron chi connectivity index (χ2n) is 8.32. The molecular formula is C25H27N3O4S. The Bertz CT molecular complexity index is 1460. The lowest BCUT2D eigenvalue weighted by Gasteiger charge is -2.08. The second kappa shape index (κ2) is 9.41. The number of anilines is 2. The fourth-order valence-electron chi connectivity index (χ4n) is 4.48. The van der Waals surface area contributed by atoms with Gasteiger partial charge >= 0.3 is 0 Å². The van der Waals surface area contributed by atoms with Crippen molar-refractivity contribution in [1.82, 2.24) is 4.57 Å². The van der Waals surface area contributed by atoms with Crippen molar-refractivity contribution < 1.29 is 4.74 Å². The highest BCUT2D eigenvalue weighted by Crippen LogP contribution is 2.34. The van der Waals surface area contributed by atoms with Gasteiger partial charge in [-0.15, -0.1) is 0 Å². The van der Waals surface area contributed by atoms with Crippen molar-refractivity contribution in [3.63, 3.8) is 0 Å². The van der Waals surface area contributed by atoms with E-state index >= 15 is 0 Å². The highest BCUT2D eigenvalue weighted by Gasteiger charge is 2.23. The van der Waals surface area contributed by atoms with E-state index in [2.05, 4.69) is 6.92 Å². The van der Waals surface area contributed by atoms with Crippen LogP contribution in [0.4, 0.5) is 11.4 Å². The molecule has 172 valence electrons. The summed E-state index contributed by atoms with van der Waals surface area (Å²) in [6.07, 6.45) is 5.13. The van der Waals surface area contributed by atoms with Crippen molar-refractivity contribution in [2.75, 3.05) is 24.7 Å². The molecular weight excluding hydrogens is 438 g/mol. The molecule has 4 N–H and O–H groups in total. The maximum absolute atomic E-state index is 13.2. The van der Waals surface area contributed by atoms with Crippen molar-refractivity contribution in [2.24, 2.45) is 0 Å². The lowest BCUT2D eigenvalue weighted by Crippen LogP contribution is -2.19. The molecule has 1 aromatic heterocycles. The average molecular weight is 466 g/mol. The summed E-state index contributed by atoms with van der Waals surface area (Å²) < 4.78 is 7.32. The molecule has 1 heterocycles. The van der Waals surface area contributed by atoms with Gasteiger partial charge in [-0.25, -0.2) is 0 Å². The highest BCUT2D eigenvalue weighted by molar-refractivity contribution is 7.71. The molecule has 33 heavy (non-hydrogen) atoms. The minimum Gasteiger partial charge on any atom is -0.398 e. The first-order valence-electron chi connectivity index (χ1n) is 11.3. The van der Waals surface area contributed by atoms with Gasteiger partial charge in [-0.2, -0.15) is 0 Å². The molecule has 0 unspecified atom stereocenters. The van der Waals surface area contributed by atoms with Crippen molar-refractivity contribution in [3.8, 4) is 0 Å². The van der Waals surface area contributed by atoms with Gasteiger partial charge < -0.3 is 16.2 Å². The molecule has 0 saturated heterocycles. The third-order valence-electron chi connectivity index (χ3n) is 6.18. The van der Waals surface area contributed by atoms with E-state index in [9.17, 15) is 14.4 Å². The van der Waals surface area contributed by atoms with E-state index < -0.39 is 16.4 Å². The zero-order valence-corrected chi connectivity index (χ0v) is 19.4. The first-order valence-corrected chi connectivity index (χ1v) is 11.7. The summed E-state index contributed by atoms with van der Waals surface area (Å²) in [4.78, 5) is 39.6. The minimum atomic E-state index is -0.416. The summed E-state index contributed by atoms with van der Waals surface area (Å²) in [6.45, 7) is 3.70. The molecule has 0 aliphatic carbocycles. The van der Waals surface area contributed by atoms with Crippen molar-refractivity contribution >= 4 is 55.9 Å². The van der Waals surface area contributed by atoms with Crippen LogP contribution < -0.4 is 27.9 Å². The Morgan fingerprint density at radius 3 is 2.00 bits per heavy atom. The minimum absolute atomic E-state index is 0.0108. The van der Waals surface area contributed by atoms with Crippen molar-refractivity contribution in [2.45, 2.75) is 45.6 Å². The van der Waals surface area contributed by atoms with Crippen LogP contribution in [0.15, 0.2) is 38.6 Å². The third kappa shape index (κ3) is 3.83. The van der Waals surface area contributed by atoms with E-state index in [1.54, 1.807) is 24.3 Å². The molecule has 4 rings (SSSR count). The molecule has 0 spiro atoms. The summed E-state index contributed by atoms with van der Waals surface area (Å²) in [5.41, 5.74) is 11.5. The zero-order chi connectivity index (χ0) is 23.7. The maximum atomic E-state index is 13.2. The Balaban J connectivity index is 1.77. The molecule has 0 atom stereocenters. The number of ether oxygens (including phenoxy) is 1. The smallest absolute Gasteiger partial charge is 0.261 e. The summed E-state index contributed by atoms with van der Waals surface area (Å²) in [5, 5.41) is 0.918. The van der Waals surface area contributed by atoms with Gasteiger partial charge in [0.1, 0.15) is 4.64 Å². The monoisotopic (exact) mass is 465 g/mol. The number of hydrogen-bond acceptors (Lipinski definition) is 7. The van der Waals surface area contributed by atoms with E-state index in [0.717, 1.165) is 12.8 Å². The zero-order valence-electron chi connectivity index (χ0n) is 18.6. The van der Waals surface area contributed by atoms with E-state index in [0.29, 0.717) is 26.2 Å². The molecule has 0 radical (unpaired) electrons. The normalized spacial score (nSPS) is 11.8. The van der Waals surface area contributed by atoms with Gasteiger partial charge in [-0.1, -0.05) is 62.7 Å². The average Bonchev–Trinajstić information content (AvgIpc) is 3.06. The maximum Gasteiger partial charge on any atom is 0.261 e. The highest BCUT2D eigenvalue weighted by atomic mass is 32.1. The predicted molar refractivity (Wildman–Crippen MR) is 137 cm³/mol. The van der Waals surface area contributed by atoms with Crippen LogP contribution in [0.5, 0.6) is 0 Å². The number of benzene rings is 3. The first kappa shape index (κ1) is 23.1. The summed E-state index contributed by atoms with van der Waals surface area (Å²) >= 11 is 5.55. The van der Waals surface area contributed by atoms with Gasteiger partial charge in [0.15, 0.2) is 10.9 Å². The Labute approximate surface area is 195 Å². The molecule has 3 aromatic carbocycles. The number of nitrogens with two attached hydrogens (primary N) is 2. The Kier molecular flexibility index (Phi) is 6.58. The number of unbranched alkanes of at least 4 members (excludes halogenated alkanes) is 3. The summed E-state index contributed by atoms with van der Waals surface area (Å²) in [7, 11) is 0. The lowest BCUT2D eigenvalue weighted by atomic mass is 9.97. The van der Waals surface area contributed by atoms with Crippen molar-refractivity contribution in [3.05, 3.63) is 59.7 Å². The molecule has 0 amide bonds. The number of aromatic nitrogens is 1. The molecule has 0 fully saturated rings. The molecule has 0 aliphatic rings. The van der Waals surface area contributed by atoms with Crippen LogP contribution in [0.1, 0.15) is 39.0 Å². The van der Waals surface area contributed by atoms with E-state index in [4.69, 9.17) is 28.4 Å². The molecule has 0 aliphatic heterocycles. The number of rotatable bonds is 9. The SMILES string of the molecule is CCCCCCOCCCn1c(=O)c2c(N)c3c(=O)c4ccccc4c(=O)c3c(N)c2c1=S.